The topological polar surface area (TPSA) is 64.6 Å². The van der Waals surface area contributed by atoms with E-state index in [-0.39, 0.29) is 6.10 Å². The Morgan fingerprint density at radius 3 is 2.93 bits per heavy atom. The van der Waals surface area contributed by atoms with E-state index in [2.05, 4.69) is 5.32 Å². The summed E-state index contributed by atoms with van der Waals surface area (Å²) in [7, 11) is 0. The van der Waals surface area contributed by atoms with Gasteiger partial charge >= 0.3 is 12.1 Å². The second-order valence-corrected chi connectivity index (χ2v) is 3.58. The monoisotopic (exact) mass is 199 g/mol. The zero-order valence-electron chi connectivity index (χ0n) is 7.99. The highest BCUT2D eigenvalue weighted by Gasteiger charge is 2.48. The fourth-order valence-corrected chi connectivity index (χ4v) is 1.65. The number of alkyl carbamates (subject to hydrolysis) is 1. The summed E-state index contributed by atoms with van der Waals surface area (Å²) >= 11 is 0. The van der Waals surface area contributed by atoms with Crippen LogP contribution in [0, 0.1) is 5.92 Å². The highest BCUT2D eigenvalue weighted by molar-refractivity contribution is 5.85. The Morgan fingerprint density at radius 2 is 2.36 bits per heavy atom. The average Bonchev–Trinajstić information content (AvgIpc) is 2.90. The van der Waals surface area contributed by atoms with E-state index < -0.39 is 18.1 Å². The summed E-state index contributed by atoms with van der Waals surface area (Å²) in [5, 5.41) is 2.47. The Morgan fingerprint density at radius 1 is 1.64 bits per heavy atom. The van der Waals surface area contributed by atoms with Crippen molar-refractivity contribution in [1.29, 1.82) is 0 Å². The van der Waals surface area contributed by atoms with E-state index in [0.717, 1.165) is 12.8 Å². The molecule has 2 unspecified atom stereocenters. The van der Waals surface area contributed by atoms with E-state index in [1.165, 1.54) is 0 Å². The van der Waals surface area contributed by atoms with E-state index in [4.69, 9.17) is 9.47 Å². The van der Waals surface area contributed by atoms with E-state index in [0.29, 0.717) is 12.5 Å². The molecule has 78 valence electrons. The molecular formula is C9H13NO4. The van der Waals surface area contributed by atoms with Crippen LogP contribution in [-0.4, -0.2) is 30.8 Å². The largest absolute Gasteiger partial charge is 0.464 e. The molecule has 0 spiro atoms. The first-order chi connectivity index (χ1) is 6.72. The van der Waals surface area contributed by atoms with Crippen molar-refractivity contribution in [3.8, 4) is 0 Å². The van der Waals surface area contributed by atoms with Gasteiger partial charge in [0.1, 0.15) is 6.10 Å². The molecule has 1 saturated heterocycles. The van der Waals surface area contributed by atoms with E-state index in [1.807, 2.05) is 0 Å². The second-order valence-electron chi connectivity index (χ2n) is 3.58. The van der Waals surface area contributed by atoms with Gasteiger partial charge in [0.15, 0.2) is 6.04 Å². The molecule has 5 heteroatoms. The number of rotatable bonds is 3. The predicted molar refractivity (Wildman–Crippen MR) is 46.5 cm³/mol. The molecule has 1 amide bonds. The molecule has 14 heavy (non-hydrogen) atoms. The minimum Gasteiger partial charge on any atom is -0.464 e. The Kier molecular flexibility index (Phi) is 2.31. The number of nitrogens with one attached hydrogen (secondary N) is 1. The standard InChI is InChI=1S/C9H13NO4/c1-2-13-8(11)6-7(5-3-4-5)14-9(12)10-6/h5-7H,2-4H2,1H3,(H,10,12). The number of hydrogen-bond donors (Lipinski definition) is 1. The third kappa shape index (κ3) is 1.66. The van der Waals surface area contributed by atoms with E-state index in [1.54, 1.807) is 6.92 Å². The van der Waals surface area contributed by atoms with Gasteiger partial charge in [-0.3, -0.25) is 0 Å². The lowest BCUT2D eigenvalue weighted by Crippen LogP contribution is -2.41. The smallest absolute Gasteiger partial charge is 0.408 e. The maximum absolute atomic E-state index is 11.4. The molecule has 1 heterocycles. The number of esters is 1. The van der Waals surface area contributed by atoms with Crippen LogP contribution < -0.4 is 5.32 Å². The van der Waals surface area contributed by atoms with Crippen molar-refractivity contribution in [3.63, 3.8) is 0 Å². The lowest BCUT2D eigenvalue weighted by Gasteiger charge is -2.14. The van der Waals surface area contributed by atoms with Gasteiger partial charge in [-0.05, 0) is 25.7 Å². The number of hydrogen-bond acceptors (Lipinski definition) is 4. The molecule has 0 bridgehead atoms. The predicted octanol–water partition coefficient (Wildman–Crippen LogP) is 0.436. The number of cyclic esters (lactones) is 1. The quantitative estimate of drug-likeness (QED) is 0.670. The zero-order valence-corrected chi connectivity index (χ0v) is 7.99. The Labute approximate surface area is 81.7 Å². The fraction of sp³-hybridized carbons (Fsp3) is 0.778. The molecule has 1 aliphatic heterocycles. The summed E-state index contributed by atoms with van der Waals surface area (Å²) in [6.07, 6.45) is 1.21. The summed E-state index contributed by atoms with van der Waals surface area (Å²) < 4.78 is 9.86. The van der Waals surface area contributed by atoms with Crippen molar-refractivity contribution in [2.24, 2.45) is 5.92 Å². The summed E-state index contributed by atoms with van der Waals surface area (Å²) in [5.74, 6) is -0.0568. The van der Waals surface area contributed by atoms with Crippen LogP contribution in [0.5, 0.6) is 0 Å². The van der Waals surface area contributed by atoms with Gasteiger partial charge in [-0.1, -0.05) is 0 Å². The summed E-state index contributed by atoms with van der Waals surface area (Å²) in [6.45, 7) is 2.06. The van der Waals surface area contributed by atoms with Gasteiger partial charge in [-0.2, -0.15) is 0 Å². The van der Waals surface area contributed by atoms with E-state index in [9.17, 15) is 9.59 Å². The number of ether oxygens (including phenoxy) is 2. The lowest BCUT2D eigenvalue weighted by molar-refractivity contribution is -0.146. The van der Waals surface area contributed by atoms with Crippen LogP contribution in [0.3, 0.4) is 0 Å². The SMILES string of the molecule is CCOC(=O)C1NC(=O)OC1C1CC1. The van der Waals surface area contributed by atoms with Gasteiger partial charge < -0.3 is 14.8 Å². The molecule has 2 fully saturated rings. The Hall–Kier alpha value is -1.26. The molecular weight excluding hydrogens is 186 g/mol. The van der Waals surface area contributed by atoms with Gasteiger partial charge in [0.2, 0.25) is 0 Å². The maximum atomic E-state index is 11.4. The van der Waals surface area contributed by atoms with Crippen LogP contribution in [0.25, 0.3) is 0 Å². The first-order valence-electron chi connectivity index (χ1n) is 4.86. The fourth-order valence-electron chi connectivity index (χ4n) is 1.65. The van der Waals surface area contributed by atoms with Crippen LogP contribution in [0.4, 0.5) is 4.79 Å². The molecule has 2 aliphatic rings. The van der Waals surface area contributed by atoms with Crippen LogP contribution in [0.15, 0.2) is 0 Å². The molecule has 2 rings (SSSR count). The number of carbonyl (C=O) groups excluding carboxylic acids is 2. The molecule has 0 aromatic heterocycles. The normalized spacial score (nSPS) is 30.8. The summed E-state index contributed by atoms with van der Waals surface area (Å²) in [6, 6.07) is -0.602. The minimum atomic E-state index is -0.602. The lowest BCUT2D eigenvalue weighted by atomic mass is 10.1. The molecule has 1 saturated carbocycles. The maximum Gasteiger partial charge on any atom is 0.408 e. The minimum absolute atomic E-state index is 0.318. The van der Waals surface area contributed by atoms with Gasteiger partial charge in [-0.25, -0.2) is 9.59 Å². The first kappa shape index (κ1) is 9.30. The van der Waals surface area contributed by atoms with Gasteiger partial charge in [-0.15, -0.1) is 0 Å². The van der Waals surface area contributed by atoms with Crippen molar-refractivity contribution in [1.82, 2.24) is 5.32 Å². The van der Waals surface area contributed by atoms with Crippen molar-refractivity contribution in [2.45, 2.75) is 31.9 Å². The molecule has 0 aromatic rings. The van der Waals surface area contributed by atoms with Crippen LogP contribution in [0.1, 0.15) is 19.8 Å². The molecule has 5 nitrogen and oxygen atoms in total. The molecule has 0 radical (unpaired) electrons. The zero-order chi connectivity index (χ0) is 10.1. The first-order valence-corrected chi connectivity index (χ1v) is 4.86. The summed E-state index contributed by atoms with van der Waals surface area (Å²) in [5.41, 5.74) is 0. The number of carbonyl (C=O) groups is 2. The van der Waals surface area contributed by atoms with Crippen LogP contribution >= 0.6 is 0 Å². The van der Waals surface area contributed by atoms with Gasteiger partial charge in [0, 0.05) is 0 Å². The Balaban J connectivity index is 2.00. The molecule has 2 atom stereocenters. The number of amides is 1. The summed E-state index contributed by atoms with van der Waals surface area (Å²) in [4.78, 5) is 22.4. The molecule has 1 N–H and O–H groups in total. The van der Waals surface area contributed by atoms with Crippen molar-refractivity contribution in [3.05, 3.63) is 0 Å². The third-order valence-corrected chi connectivity index (χ3v) is 2.47. The second kappa shape index (κ2) is 3.48. The van der Waals surface area contributed by atoms with Crippen molar-refractivity contribution in [2.75, 3.05) is 6.61 Å². The van der Waals surface area contributed by atoms with Crippen LogP contribution in [-0.2, 0) is 14.3 Å². The third-order valence-electron chi connectivity index (χ3n) is 2.47. The van der Waals surface area contributed by atoms with Gasteiger partial charge in [0.25, 0.3) is 0 Å². The van der Waals surface area contributed by atoms with Gasteiger partial charge in [0.05, 0.1) is 6.61 Å². The highest BCUT2D eigenvalue weighted by atomic mass is 16.6. The van der Waals surface area contributed by atoms with Crippen LogP contribution in [0.2, 0.25) is 0 Å². The molecule has 1 aliphatic carbocycles. The average molecular weight is 199 g/mol. The molecule has 0 aromatic carbocycles. The highest BCUT2D eigenvalue weighted by Crippen LogP contribution is 2.37. The van der Waals surface area contributed by atoms with E-state index >= 15 is 0 Å². The van der Waals surface area contributed by atoms with Crippen molar-refractivity contribution >= 4 is 12.1 Å². The Bertz CT molecular complexity index is 262. The van der Waals surface area contributed by atoms with Crippen molar-refractivity contribution < 1.29 is 19.1 Å².